The Kier molecular flexibility index (Phi) is 14.7. The first-order chi connectivity index (χ1) is 16.5. The third-order valence-electron chi connectivity index (χ3n) is 6.97. The molecule has 0 aromatic heterocycles. The molecule has 1 saturated carbocycles. The van der Waals surface area contributed by atoms with Crippen LogP contribution in [-0.2, 0) is 10.0 Å². The Morgan fingerprint density at radius 1 is 0.824 bits per heavy atom. The molecule has 0 radical (unpaired) electrons. The molecule has 6 heteroatoms. The standard InChI is InChI=1S/C28H50N2O3S/c1-2-3-4-5-6-7-8-9-10-11-12-13-14-18-23-33-28-22-21-26(24-27(28)29)34(31,32)30-25-19-16-15-17-20-25/h21-22,24-25,30H,2-20,23,29H2,1H3. The second kappa shape index (κ2) is 17.2. The number of nitrogens with one attached hydrogen (secondary N) is 1. The lowest BCUT2D eigenvalue weighted by molar-refractivity contribution is 0.305. The fraction of sp³-hybridized carbons (Fsp3) is 0.786. The maximum Gasteiger partial charge on any atom is 0.240 e. The average Bonchev–Trinajstić information content (AvgIpc) is 2.82. The van der Waals surface area contributed by atoms with E-state index in [-0.39, 0.29) is 10.9 Å². The largest absolute Gasteiger partial charge is 0.491 e. The predicted molar refractivity (Wildman–Crippen MR) is 144 cm³/mol. The van der Waals surface area contributed by atoms with Gasteiger partial charge >= 0.3 is 0 Å². The predicted octanol–water partition coefficient (Wildman–Crippen LogP) is 7.74. The van der Waals surface area contributed by atoms with E-state index < -0.39 is 10.0 Å². The molecule has 0 saturated heterocycles. The number of hydrogen-bond acceptors (Lipinski definition) is 4. The van der Waals surface area contributed by atoms with Crippen LogP contribution in [0.3, 0.4) is 0 Å². The van der Waals surface area contributed by atoms with Crippen molar-refractivity contribution in [3.05, 3.63) is 18.2 Å². The number of nitrogen functional groups attached to an aromatic ring is 1. The summed E-state index contributed by atoms with van der Waals surface area (Å²) in [6, 6.07) is 4.85. The van der Waals surface area contributed by atoms with Crippen LogP contribution in [0.4, 0.5) is 5.69 Å². The van der Waals surface area contributed by atoms with Crippen molar-refractivity contribution in [1.82, 2.24) is 4.72 Å². The molecule has 0 aliphatic heterocycles. The minimum absolute atomic E-state index is 0.0382. The van der Waals surface area contributed by atoms with Crippen LogP contribution in [0.5, 0.6) is 5.75 Å². The molecular formula is C28H50N2O3S. The summed E-state index contributed by atoms with van der Waals surface area (Å²) < 4.78 is 34.0. The maximum atomic E-state index is 12.7. The van der Waals surface area contributed by atoms with Gasteiger partial charge in [0.05, 0.1) is 17.2 Å². The molecule has 1 aromatic carbocycles. The van der Waals surface area contributed by atoms with Gasteiger partial charge in [-0.3, -0.25) is 0 Å². The Morgan fingerprint density at radius 3 is 1.88 bits per heavy atom. The number of benzene rings is 1. The zero-order valence-electron chi connectivity index (χ0n) is 21.7. The lowest BCUT2D eigenvalue weighted by atomic mass is 9.96. The van der Waals surface area contributed by atoms with Crippen LogP contribution in [0.2, 0.25) is 0 Å². The molecule has 1 aliphatic rings. The Morgan fingerprint density at radius 2 is 1.35 bits per heavy atom. The van der Waals surface area contributed by atoms with Crippen LogP contribution < -0.4 is 15.2 Å². The van der Waals surface area contributed by atoms with E-state index in [9.17, 15) is 8.42 Å². The van der Waals surface area contributed by atoms with E-state index in [0.29, 0.717) is 18.0 Å². The van der Waals surface area contributed by atoms with E-state index in [0.717, 1.165) is 38.5 Å². The number of sulfonamides is 1. The van der Waals surface area contributed by atoms with Gasteiger partial charge in [0.2, 0.25) is 10.0 Å². The molecule has 2 rings (SSSR count). The van der Waals surface area contributed by atoms with Crippen molar-refractivity contribution in [2.24, 2.45) is 0 Å². The Balaban J connectivity index is 1.52. The molecular weight excluding hydrogens is 444 g/mol. The van der Waals surface area contributed by atoms with Crippen molar-refractivity contribution in [2.45, 2.75) is 140 Å². The van der Waals surface area contributed by atoms with Crippen LogP contribution >= 0.6 is 0 Å². The highest BCUT2D eigenvalue weighted by Gasteiger charge is 2.22. The van der Waals surface area contributed by atoms with Gasteiger partial charge in [-0.2, -0.15) is 0 Å². The first kappa shape index (κ1) is 29.0. The first-order valence-corrected chi connectivity index (χ1v) is 15.6. The molecule has 1 aromatic rings. The molecule has 3 N–H and O–H groups in total. The molecule has 34 heavy (non-hydrogen) atoms. The highest BCUT2D eigenvalue weighted by atomic mass is 32.2. The van der Waals surface area contributed by atoms with Gasteiger partial charge in [-0.25, -0.2) is 13.1 Å². The molecule has 0 atom stereocenters. The lowest BCUT2D eigenvalue weighted by Crippen LogP contribution is -2.36. The van der Waals surface area contributed by atoms with Crippen LogP contribution in [0.1, 0.15) is 129 Å². The molecule has 0 spiro atoms. The summed E-state index contributed by atoms with van der Waals surface area (Å²) >= 11 is 0. The summed E-state index contributed by atoms with van der Waals surface area (Å²) in [5.74, 6) is 0.575. The molecule has 196 valence electrons. The third kappa shape index (κ3) is 11.9. The average molecular weight is 495 g/mol. The zero-order valence-corrected chi connectivity index (χ0v) is 22.5. The molecule has 0 heterocycles. The quantitative estimate of drug-likeness (QED) is 0.152. The lowest BCUT2D eigenvalue weighted by Gasteiger charge is -2.22. The van der Waals surface area contributed by atoms with Crippen molar-refractivity contribution < 1.29 is 13.2 Å². The van der Waals surface area contributed by atoms with Crippen LogP contribution in [0.15, 0.2) is 23.1 Å². The Labute approximate surface area is 209 Å². The summed E-state index contributed by atoms with van der Waals surface area (Å²) in [6.07, 6.45) is 23.8. The number of unbranched alkanes of at least 4 members (excludes halogenated alkanes) is 13. The number of ether oxygens (including phenoxy) is 1. The number of rotatable bonds is 19. The summed E-state index contributed by atoms with van der Waals surface area (Å²) in [5, 5.41) is 0. The fourth-order valence-corrected chi connectivity index (χ4v) is 6.15. The van der Waals surface area contributed by atoms with Crippen LogP contribution in [-0.4, -0.2) is 21.1 Å². The van der Waals surface area contributed by atoms with Gasteiger partial charge in [0, 0.05) is 6.04 Å². The third-order valence-corrected chi connectivity index (χ3v) is 8.49. The van der Waals surface area contributed by atoms with Crippen molar-refractivity contribution in [1.29, 1.82) is 0 Å². The number of anilines is 1. The van der Waals surface area contributed by atoms with Crippen LogP contribution in [0.25, 0.3) is 0 Å². The molecule has 0 unspecified atom stereocenters. The maximum absolute atomic E-state index is 12.7. The molecule has 0 amide bonds. The van der Waals surface area contributed by atoms with Crippen molar-refractivity contribution in [3.8, 4) is 5.75 Å². The molecule has 1 aliphatic carbocycles. The highest BCUT2D eigenvalue weighted by molar-refractivity contribution is 7.89. The van der Waals surface area contributed by atoms with Crippen molar-refractivity contribution >= 4 is 15.7 Å². The van der Waals surface area contributed by atoms with Gasteiger partial charge in [0.25, 0.3) is 0 Å². The topological polar surface area (TPSA) is 81.4 Å². The normalized spacial score (nSPS) is 15.0. The van der Waals surface area contributed by atoms with Gasteiger partial charge in [0.1, 0.15) is 5.75 Å². The van der Waals surface area contributed by atoms with E-state index in [2.05, 4.69) is 11.6 Å². The van der Waals surface area contributed by atoms with E-state index in [4.69, 9.17) is 10.5 Å². The van der Waals surface area contributed by atoms with Crippen molar-refractivity contribution in [2.75, 3.05) is 12.3 Å². The molecule has 0 bridgehead atoms. The monoisotopic (exact) mass is 494 g/mol. The van der Waals surface area contributed by atoms with Crippen LogP contribution in [0, 0.1) is 0 Å². The summed E-state index contributed by atoms with van der Waals surface area (Å²) in [4.78, 5) is 0.222. The number of hydrogen-bond donors (Lipinski definition) is 2. The second-order valence-electron chi connectivity index (χ2n) is 10.1. The van der Waals surface area contributed by atoms with Gasteiger partial charge in [0.15, 0.2) is 0 Å². The number of nitrogens with two attached hydrogens (primary N) is 1. The minimum Gasteiger partial charge on any atom is -0.491 e. The SMILES string of the molecule is CCCCCCCCCCCCCCCCOc1ccc(S(=O)(=O)NC2CCCCC2)cc1N. The van der Waals surface area contributed by atoms with Gasteiger partial charge < -0.3 is 10.5 Å². The first-order valence-electron chi connectivity index (χ1n) is 14.1. The Hall–Kier alpha value is -1.27. The van der Waals surface area contributed by atoms with E-state index in [1.165, 1.54) is 89.5 Å². The van der Waals surface area contributed by atoms with E-state index in [1.807, 2.05) is 0 Å². The van der Waals surface area contributed by atoms with E-state index >= 15 is 0 Å². The zero-order chi connectivity index (χ0) is 24.5. The smallest absolute Gasteiger partial charge is 0.240 e. The summed E-state index contributed by atoms with van der Waals surface area (Å²) in [7, 11) is -3.54. The Bertz CT molecular complexity index is 761. The minimum atomic E-state index is -3.54. The second-order valence-corrected chi connectivity index (χ2v) is 11.8. The fourth-order valence-electron chi connectivity index (χ4n) is 4.81. The highest BCUT2D eigenvalue weighted by Crippen LogP contribution is 2.26. The van der Waals surface area contributed by atoms with Gasteiger partial charge in [-0.15, -0.1) is 0 Å². The van der Waals surface area contributed by atoms with Gasteiger partial charge in [-0.1, -0.05) is 110 Å². The molecule has 5 nitrogen and oxygen atoms in total. The van der Waals surface area contributed by atoms with Gasteiger partial charge in [-0.05, 0) is 37.5 Å². The summed E-state index contributed by atoms with van der Waals surface area (Å²) in [5.41, 5.74) is 6.48. The molecule has 1 fully saturated rings. The van der Waals surface area contributed by atoms with Crippen molar-refractivity contribution in [3.63, 3.8) is 0 Å². The van der Waals surface area contributed by atoms with E-state index in [1.54, 1.807) is 12.1 Å². The summed E-state index contributed by atoms with van der Waals surface area (Å²) in [6.45, 7) is 2.89.